The molecule has 4 heterocycles. The molecule has 0 aliphatic heterocycles. The molecule has 0 aliphatic carbocycles. The molecule has 0 aromatic carbocycles. The van der Waals surface area contributed by atoms with Crippen LogP contribution in [0.5, 0.6) is 0 Å². The first-order chi connectivity index (χ1) is 9.88. The first-order valence-corrected chi connectivity index (χ1v) is 8.67. The van der Waals surface area contributed by atoms with Crippen LogP contribution in [0.4, 0.5) is 5.13 Å². The molecule has 0 spiro atoms. The monoisotopic (exact) mass is 318 g/mol. The van der Waals surface area contributed by atoms with Crippen molar-refractivity contribution in [3.63, 3.8) is 0 Å². The van der Waals surface area contributed by atoms with Gasteiger partial charge in [-0.1, -0.05) is 17.4 Å². The summed E-state index contributed by atoms with van der Waals surface area (Å²) in [6.07, 6.45) is 1.98. The van der Waals surface area contributed by atoms with Crippen molar-refractivity contribution in [1.29, 1.82) is 0 Å². The lowest BCUT2D eigenvalue weighted by Crippen LogP contribution is -1.97. The molecule has 4 aromatic heterocycles. The van der Waals surface area contributed by atoms with Gasteiger partial charge < -0.3 is 5.32 Å². The van der Waals surface area contributed by atoms with E-state index in [2.05, 4.69) is 49.7 Å². The fraction of sp³-hybridized carbons (Fsp3) is 0.0769. The van der Waals surface area contributed by atoms with Crippen molar-refractivity contribution in [3.8, 4) is 11.3 Å². The average molecular weight is 318 g/mol. The van der Waals surface area contributed by atoms with Crippen LogP contribution in [0.2, 0.25) is 0 Å². The zero-order chi connectivity index (χ0) is 13.4. The second-order valence-corrected chi connectivity index (χ2v) is 6.97. The van der Waals surface area contributed by atoms with Gasteiger partial charge in [0.2, 0.25) is 10.1 Å². The smallest absolute Gasteiger partial charge is 0.214 e. The van der Waals surface area contributed by atoms with Crippen molar-refractivity contribution in [2.75, 3.05) is 5.32 Å². The van der Waals surface area contributed by atoms with E-state index in [1.54, 1.807) is 34.0 Å². The standard InChI is InChI=1S/C13H10N4S3/c1-2-10(19-4-1)6-14-12-16-17-7-11(15-13(17)20-12)9-3-5-18-8-9/h1-5,7-8H,6H2,(H,14,16). The minimum absolute atomic E-state index is 0.811. The molecule has 0 aliphatic rings. The number of aromatic nitrogens is 3. The number of fused-ring (bicyclic) bond motifs is 1. The molecule has 7 heteroatoms. The molecule has 4 rings (SSSR count). The van der Waals surface area contributed by atoms with Crippen molar-refractivity contribution >= 4 is 44.1 Å². The summed E-state index contributed by atoms with van der Waals surface area (Å²) in [6.45, 7) is 0.811. The van der Waals surface area contributed by atoms with E-state index in [1.165, 1.54) is 4.88 Å². The van der Waals surface area contributed by atoms with Gasteiger partial charge >= 0.3 is 0 Å². The van der Waals surface area contributed by atoms with Crippen molar-refractivity contribution < 1.29 is 0 Å². The molecular formula is C13H10N4S3. The highest BCUT2D eigenvalue weighted by molar-refractivity contribution is 7.20. The number of nitrogens with one attached hydrogen (secondary N) is 1. The van der Waals surface area contributed by atoms with E-state index in [0.29, 0.717) is 0 Å². The van der Waals surface area contributed by atoms with Crippen LogP contribution in [0.15, 0.2) is 40.5 Å². The highest BCUT2D eigenvalue weighted by Gasteiger charge is 2.09. The zero-order valence-corrected chi connectivity index (χ0v) is 12.8. The summed E-state index contributed by atoms with van der Waals surface area (Å²) < 4.78 is 1.84. The molecule has 0 fully saturated rings. The minimum Gasteiger partial charge on any atom is -0.355 e. The second kappa shape index (κ2) is 5.01. The molecule has 0 unspecified atom stereocenters. The fourth-order valence-electron chi connectivity index (χ4n) is 1.90. The van der Waals surface area contributed by atoms with Crippen molar-refractivity contribution in [2.45, 2.75) is 6.54 Å². The number of thiophene rings is 2. The molecule has 0 atom stereocenters. The van der Waals surface area contributed by atoms with Crippen molar-refractivity contribution in [3.05, 3.63) is 45.4 Å². The molecule has 0 saturated heterocycles. The van der Waals surface area contributed by atoms with Crippen LogP contribution >= 0.6 is 34.0 Å². The van der Waals surface area contributed by atoms with Crippen molar-refractivity contribution in [1.82, 2.24) is 14.6 Å². The van der Waals surface area contributed by atoms with E-state index in [1.807, 2.05) is 10.7 Å². The number of nitrogens with zero attached hydrogens (tertiary/aromatic N) is 3. The van der Waals surface area contributed by atoms with Crippen LogP contribution in [-0.2, 0) is 6.54 Å². The molecule has 100 valence electrons. The maximum Gasteiger partial charge on any atom is 0.214 e. The largest absolute Gasteiger partial charge is 0.355 e. The van der Waals surface area contributed by atoms with Gasteiger partial charge in [0.15, 0.2) is 0 Å². The molecule has 0 radical (unpaired) electrons. The van der Waals surface area contributed by atoms with Crippen LogP contribution in [0.3, 0.4) is 0 Å². The lowest BCUT2D eigenvalue weighted by Gasteiger charge is -1.97. The number of imidazole rings is 1. The molecule has 20 heavy (non-hydrogen) atoms. The maximum atomic E-state index is 4.61. The third kappa shape index (κ3) is 2.24. The molecule has 1 N–H and O–H groups in total. The Hall–Kier alpha value is -1.70. The number of anilines is 1. The van der Waals surface area contributed by atoms with Crippen LogP contribution in [0.1, 0.15) is 4.88 Å². The number of hydrogen-bond donors (Lipinski definition) is 1. The zero-order valence-electron chi connectivity index (χ0n) is 10.3. The van der Waals surface area contributed by atoms with Gasteiger partial charge in [-0.2, -0.15) is 11.3 Å². The summed E-state index contributed by atoms with van der Waals surface area (Å²) in [4.78, 5) is 6.83. The van der Waals surface area contributed by atoms with Crippen LogP contribution in [0, 0.1) is 0 Å². The topological polar surface area (TPSA) is 42.2 Å². The Morgan fingerprint density at radius 1 is 1.25 bits per heavy atom. The average Bonchev–Trinajstić information content (AvgIpc) is 3.19. The maximum absolute atomic E-state index is 4.61. The van der Waals surface area contributed by atoms with E-state index >= 15 is 0 Å². The highest BCUT2D eigenvalue weighted by Crippen LogP contribution is 2.26. The Morgan fingerprint density at radius 3 is 3.00 bits per heavy atom. The van der Waals surface area contributed by atoms with Gasteiger partial charge in [0.05, 0.1) is 18.4 Å². The van der Waals surface area contributed by atoms with Gasteiger partial charge in [-0.25, -0.2) is 9.50 Å². The summed E-state index contributed by atoms with van der Waals surface area (Å²) in [7, 11) is 0. The van der Waals surface area contributed by atoms with Crippen LogP contribution in [-0.4, -0.2) is 14.6 Å². The third-order valence-electron chi connectivity index (χ3n) is 2.85. The summed E-state index contributed by atoms with van der Waals surface area (Å²) in [5, 5.41) is 15.0. The Bertz CT molecular complexity index is 780. The highest BCUT2D eigenvalue weighted by atomic mass is 32.1. The Kier molecular flexibility index (Phi) is 3.02. The van der Waals surface area contributed by atoms with E-state index < -0.39 is 0 Å². The quantitative estimate of drug-likeness (QED) is 0.613. The van der Waals surface area contributed by atoms with E-state index in [-0.39, 0.29) is 0 Å². The molecule has 4 nitrogen and oxygen atoms in total. The van der Waals surface area contributed by atoms with Gasteiger partial charge in [0.1, 0.15) is 0 Å². The fourth-order valence-corrected chi connectivity index (χ4v) is 3.97. The van der Waals surface area contributed by atoms with E-state index in [9.17, 15) is 0 Å². The molecule has 0 bridgehead atoms. The first kappa shape index (κ1) is 12.1. The SMILES string of the molecule is c1csc(CNc2nn3cc(-c4ccsc4)nc3s2)c1. The van der Waals surface area contributed by atoms with Gasteiger partial charge in [-0.15, -0.1) is 16.4 Å². The predicted octanol–water partition coefficient (Wildman–Crippen LogP) is 4.19. The van der Waals surface area contributed by atoms with E-state index in [4.69, 9.17) is 0 Å². The Balaban J connectivity index is 1.56. The summed E-state index contributed by atoms with van der Waals surface area (Å²) >= 11 is 5.00. The normalized spacial score (nSPS) is 11.2. The number of rotatable bonds is 4. The minimum atomic E-state index is 0.811. The summed E-state index contributed by atoms with van der Waals surface area (Å²) in [6, 6.07) is 6.25. The lowest BCUT2D eigenvalue weighted by molar-refractivity contribution is 0.964. The predicted molar refractivity (Wildman–Crippen MR) is 85.8 cm³/mol. The van der Waals surface area contributed by atoms with Gasteiger partial charge in [-0.05, 0) is 22.9 Å². The van der Waals surface area contributed by atoms with Gasteiger partial charge in [0, 0.05) is 15.8 Å². The Labute approximate surface area is 127 Å². The molecule has 0 amide bonds. The molecule has 4 aromatic rings. The first-order valence-electron chi connectivity index (χ1n) is 6.03. The summed E-state index contributed by atoms with van der Waals surface area (Å²) in [5.41, 5.74) is 2.13. The van der Waals surface area contributed by atoms with Crippen LogP contribution < -0.4 is 5.32 Å². The lowest BCUT2D eigenvalue weighted by atomic mass is 10.3. The van der Waals surface area contributed by atoms with E-state index in [0.717, 1.165) is 27.9 Å². The third-order valence-corrected chi connectivity index (χ3v) is 5.29. The van der Waals surface area contributed by atoms with Crippen LogP contribution in [0.25, 0.3) is 16.2 Å². The van der Waals surface area contributed by atoms with Gasteiger partial charge in [0.25, 0.3) is 0 Å². The molecule has 0 saturated carbocycles. The number of hydrogen-bond acceptors (Lipinski definition) is 6. The van der Waals surface area contributed by atoms with Gasteiger partial charge in [-0.3, -0.25) is 0 Å². The van der Waals surface area contributed by atoms with Crippen molar-refractivity contribution in [2.24, 2.45) is 0 Å². The second-order valence-electron chi connectivity index (χ2n) is 4.21. The Morgan fingerprint density at radius 2 is 2.25 bits per heavy atom. The summed E-state index contributed by atoms with van der Waals surface area (Å²) in [5.74, 6) is 0. The molecular weight excluding hydrogens is 308 g/mol.